The molecule has 0 radical (unpaired) electrons. The number of rotatable bonds is 10. The molecule has 1 aliphatic rings. The third kappa shape index (κ3) is 6.22. The van der Waals surface area contributed by atoms with Crippen molar-refractivity contribution in [3.63, 3.8) is 0 Å². The van der Waals surface area contributed by atoms with Crippen LogP contribution in [0.4, 0.5) is 11.4 Å². The summed E-state index contributed by atoms with van der Waals surface area (Å²) in [5.41, 5.74) is 2.23. The third-order valence-corrected chi connectivity index (χ3v) is 6.41. The summed E-state index contributed by atoms with van der Waals surface area (Å²) in [5.74, 6) is 0.539. The minimum atomic E-state index is -0.354. The van der Waals surface area contributed by atoms with Crippen molar-refractivity contribution in [2.24, 2.45) is 0 Å². The number of anilines is 2. The number of halogens is 1. The van der Waals surface area contributed by atoms with Gasteiger partial charge in [-0.05, 0) is 72.4 Å². The molecule has 0 saturated carbocycles. The van der Waals surface area contributed by atoms with Crippen LogP contribution in [0.5, 0.6) is 17.2 Å². The summed E-state index contributed by atoms with van der Waals surface area (Å²) in [6.07, 6.45) is 3.28. The quantitative estimate of drug-likeness (QED) is 0.197. The molecule has 0 aliphatic carbocycles. The van der Waals surface area contributed by atoms with E-state index in [1.807, 2.05) is 30.3 Å². The Hall–Kier alpha value is -4.34. The molecule has 0 unspecified atom stereocenters. The Balaban J connectivity index is 1.63. The van der Waals surface area contributed by atoms with E-state index in [2.05, 4.69) is 11.9 Å². The smallest absolute Gasteiger partial charge is 0.277 e. The summed E-state index contributed by atoms with van der Waals surface area (Å²) < 4.78 is 16.4. The number of hydrogen-bond donors (Lipinski definition) is 1. The maximum absolute atomic E-state index is 13.4. The van der Waals surface area contributed by atoms with E-state index in [0.717, 1.165) is 0 Å². The second-order valence-electron chi connectivity index (χ2n) is 8.29. The highest BCUT2D eigenvalue weighted by Gasteiger charge is 2.38. The first-order chi connectivity index (χ1) is 18.9. The molecule has 0 bridgehead atoms. The largest absolute Gasteiger partial charge is 0.497 e. The standard InChI is InChI=1S/C29H26ClN3O5S/c1-4-14-32-28(35)24(33(29(32)39)21-10-12-22(36-2)13-11-21)16-19-15-23(30)27(25(17-19)37-3)38-18-26(34)31-20-8-6-5-7-9-20/h4-13,15-17H,1,14,18H2,2-3H3,(H,31,34). The molecule has 2 amide bonds. The van der Waals surface area contributed by atoms with Crippen LogP contribution < -0.4 is 24.4 Å². The molecule has 1 fully saturated rings. The normalized spacial score (nSPS) is 14.0. The second-order valence-corrected chi connectivity index (χ2v) is 9.06. The number of carbonyl (C=O) groups excluding carboxylic acids is 2. The minimum Gasteiger partial charge on any atom is -0.497 e. The molecular weight excluding hydrogens is 538 g/mol. The third-order valence-electron chi connectivity index (χ3n) is 5.73. The topological polar surface area (TPSA) is 80.3 Å². The summed E-state index contributed by atoms with van der Waals surface area (Å²) in [6.45, 7) is 3.71. The average molecular weight is 564 g/mol. The van der Waals surface area contributed by atoms with Gasteiger partial charge in [0.2, 0.25) is 0 Å². The van der Waals surface area contributed by atoms with Gasteiger partial charge in [-0.15, -0.1) is 6.58 Å². The van der Waals surface area contributed by atoms with Gasteiger partial charge in [-0.25, -0.2) is 0 Å². The highest BCUT2D eigenvalue weighted by molar-refractivity contribution is 7.80. The van der Waals surface area contributed by atoms with Crippen molar-refractivity contribution >= 4 is 58.2 Å². The number of carbonyl (C=O) groups is 2. The molecule has 3 aromatic carbocycles. The highest BCUT2D eigenvalue weighted by Crippen LogP contribution is 2.38. The van der Waals surface area contributed by atoms with Gasteiger partial charge in [0.25, 0.3) is 11.8 Å². The van der Waals surface area contributed by atoms with Gasteiger partial charge in [-0.2, -0.15) is 0 Å². The van der Waals surface area contributed by atoms with E-state index in [1.54, 1.807) is 60.6 Å². The van der Waals surface area contributed by atoms with Crippen molar-refractivity contribution in [2.75, 3.05) is 37.6 Å². The van der Waals surface area contributed by atoms with Crippen LogP contribution >= 0.6 is 23.8 Å². The first kappa shape index (κ1) is 27.7. The number of ether oxygens (including phenoxy) is 3. The van der Waals surface area contributed by atoms with Crippen LogP contribution in [0.3, 0.4) is 0 Å². The number of para-hydroxylation sites is 1. The van der Waals surface area contributed by atoms with Crippen LogP contribution in [0.1, 0.15) is 5.56 Å². The zero-order valence-electron chi connectivity index (χ0n) is 21.3. The van der Waals surface area contributed by atoms with E-state index in [1.165, 1.54) is 12.0 Å². The summed E-state index contributed by atoms with van der Waals surface area (Å²) in [6, 6.07) is 19.5. The average Bonchev–Trinajstić information content (AvgIpc) is 3.17. The summed E-state index contributed by atoms with van der Waals surface area (Å²) in [4.78, 5) is 28.9. The van der Waals surface area contributed by atoms with Crippen molar-refractivity contribution in [2.45, 2.75) is 0 Å². The highest BCUT2D eigenvalue weighted by atomic mass is 35.5. The molecule has 0 aromatic heterocycles. The monoisotopic (exact) mass is 563 g/mol. The summed E-state index contributed by atoms with van der Waals surface area (Å²) in [7, 11) is 3.04. The Morgan fingerprint density at radius 3 is 2.44 bits per heavy atom. The molecule has 1 heterocycles. The van der Waals surface area contributed by atoms with Crippen LogP contribution in [-0.2, 0) is 9.59 Å². The maximum atomic E-state index is 13.4. The van der Waals surface area contributed by atoms with Gasteiger partial charge in [0.1, 0.15) is 11.4 Å². The number of benzene rings is 3. The summed E-state index contributed by atoms with van der Waals surface area (Å²) >= 11 is 12.2. The van der Waals surface area contributed by atoms with E-state index in [-0.39, 0.29) is 35.7 Å². The number of hydrogen-bond acceptors (Lipinski definition) is 6. The second kappa shape index (κ2) is 12.5. The van der Waals surface area contributed by atoms with Crippen LogP contribution in [0.15, 0.2) is 85.1 Å². The van der Waals surface area contributed by atoms with Crippen molar-refractivity contribution in [3.8, 4) is 17.2 Å². The first-order valence-corrected chi connectivity index (χ1v) is 12.6. The molecule has 10 heteroatoms. The zero-order valence-corrected chi connectivity index (χ0v) is 22.9. The van der Waals surface area contributed by atoms with E-state index in [9.17, 15) is 9.59 Å². The van der Waals surface area contributed by atoms with E-state index >= 15 is 0 Å². The number of nitrogens with one attached hydrogen (secondary N) is 1. The fraction of sp³-hybridized carbons (Fsp3) is 0.138. The molecule has 1 aliphatic heterocycles. The van der Waals surface area contributed by atoms with Gasteiger partial charge in [0.15, 0.2) is 23.2 Å². The van der Waals surface area contributed by atoms with Crippen LogP contribution in [0.25, 0.3) is 6.08 Å². The predicted octanol–water partition coefficient (Wildman–Crippen LogP) is 5.54. The van der Waals surface area contributed by atoms with Crippen LogP contribution in [0, 0.1) is 0 Å². The lowest BCUT2D eigenvalue weighted by Crippen LogP contribution is -2.32. The lowest BCUT2D eigenvalue weighted by molar-refractivity contribution is -0.122. The van der Waals surface area contributed by atoms with E-state index in [0.29, 0.717) is 39.2 Å². The molecule has 1 N–H and O–H groups in total. The van der Waals surface area contributed by atoms with Crippen molar-refractivity contribution in [1.82, 2.24) is 4.90 Å². The van der Waals surface area contributed by atoms with Gasteiger partial charge in [0, 0.05) is 17.9 Å². The minimum absolute atomic E-state index is 0.207. The Morgan fingerprint density at radius 1 is 1.08 bits per heavy atom. The molecule has 200 valence electrons. The van der Waals surface area contributed by atoms with Gasteiger partial charge >= 0.3 is 0 Å². The Kier molecular flexibility index (Phi) is 8.85. The molecule has 39 heavy (non-hydrogen) atoms. The van der Waals surface area contributed by atoms with Gasteiger partial charge < -0.3 is 19.5 Å². The van der Waals surface area contributed by atoms with Crippen molar-refractivity contribution in [3.05, 3.63) is 95.7 Å². The Morgan fingerprint density at radius 2 is 1.79 bits per heavy atom. The van der Waals surface area contributed by atoms with E-state index in [4.69, 9.17) is 38.0 Å². The first-order valence-electron chi connectivity index (χ1n) is 11.8. The number of thiocarbonyl (C=S) groups is 1. The van der Waals surface area contributed by atoms with Gasteiger partial charge in [0.05, 0.1) is 19.2 Å². The van der Waals surface area contributed by atoms with Gasteiger partial charge in [-0.1, -0.05) is 35.9 Å². The lowest BCUT2D eigenvalue weighted by Gasteiger charge is -2.20. The fourth-order valence-electron chi connectivity index (χ4n) is 3.92. The number of nitrogens with zero attached hydrogens (tertiary/aromatic N) is 2. The molecule has 0 atom stereocenters. The molecule has 4 rings (SSSR count). The molecule has 8 nitrogen and oxygen atoms in total. The SMILES string of the molecule is C=CCN1C(=O)C(=Cc2cc(Cl)c(OCC(=O)Nc3ccccc3)c(OC)c2)N(c2ccc(OC)cc2)C1=S. The molecule has 0 spiro atoms. The Bertz CT molecular complexity index is 1430. The number of amides is 2. The van der Waals surface area contributed by atoms with Crippen LogP contribution in [0.2, 0.25) is 5.02 Å². The molecular formula is C29H26ClN3O5S. The lowest BCUT2D eigenvalue weighted by atomic mass is 10.1. The van der Waals surface area contributed by atoms with E-state index < -0.39 is 0 Å². The summed E-state index contributed by atoms with van der Waals surface area (Å²) in [5, 5.41) is 3.27. The zero-order chi connectivity index (χ0) is 27.9. The Labute approximate surface area is 237 Å². The maximum Gasteiger partial charge on any atom is 0.277 e. The fourth-order valence-corrected chi connectivity index (χ4v) is 4.55. The molecule has 3 aromatic rings. The molecule has 1 saturated heterocycles. The number of methoxy groups -OCH3 is 2. The van der Waals surface area contributed by atoms with Crippen molar-refractivity contribution < 1.29 is 23.8 Å². The van der Waals surface area contributed by atoms with Crippen LogP contribution in [-0.4, -0.2) is 49.2 Å². The van der Waals surface area contributed by atoms with Gasteiger partial charge in [-0.3, -0.25) is 19.4 Å². The van der Waals surface area contributed by atoms with Crippen molar-refractivity contribution in [1.29, 1.82) is 0 Å². The predicted molar refractivity (Wildman–Crippen MR) is 157 cm³/mol.